The molecule has 10 heavy (non-hydrogen) atoms. The molecule has 0 aliphatic carbocycles. The Kier molecular flexibility index (Phi) is 12.1. The van der Waals surface area contributed by atoms with Gasteiger partial charge in [0.05, 0.1) is 0 Å². The molecular weight excluding hydrogens is 162 g/mol. The first-order valence-electron chi connectivity index (χ1n) is 2.44. The molecule has 1 rings (SSSR count). The van der Waals surface area contributed by atoms with E-state index in [1.54, 1.807) is 12.1 Å². The van der Waals surface area contributed by atoms with E-state index >= 15 is 0 Å². The average molecular weight is 170 g/mol. The zero-order chi connectivity index (χ0) is 5.82. The number of benzene rings is 1. The van der Waals surface area contributed by atoms with Gasteiger partial charge < -0.3 is 2.85 Å². The molecule has 3 heteroatoms. The third-order valence-corrected chi connectivity index (χ3v) is 0.936. The van der Waals surface area contributed by atoms with Crippen LogP contribution >= 0.6 is 0 Å². The van der Waals surface area contributed by atoms with Crippen molar-refractivity contribution in [2.24, 2.45) is 0 Å². The van der Waals surface area contributed by atoms with Crippen molar-refractivity contribution in [1.82, 2.24) is 0 Å². The van der Waals surface area contributed by atoms with E-state index in [2.05, 4.69) is 0 Å². The molecule has 1 aromatic carbocycles. The largest absolute Gasteiger partial charge is 1.00 e. The van der Waals surface area contributed by atoms with Crippen molar-refractivity contribution >= 4 is 6.29 Å². The standard InChI is InChI=1S/C7H6O.K.Na.2H/c8-6-7-4-2-1-3-5-7;;;;/h1-6H;;;;/q;2*+1;2*-1. The monoisotopic (exact) mass is 170 g/mol. The van der Waals surface area contributed by atoms with Crippen LogP contribution in [0.1, 0.15) is 13.2 Å². The van der Waals surface area contributed by atoms with Crippen LogP contribution in [0.2, 0.25) is 0 Å². The van der Waals surface area contributed by atoms with Crippen molar-refractivity contribution in [3.8, 4) is 0 Å². The number of rotatable bonds is 1. The van der Waals surface area contributed by atoms with Crippen molar-refractivity contribution in [3.05, 3.63) is 35.9 Å². The molecule has 0 radical (unpaired) electrons. The molecule has 0 fully saturated rings. The van der Waals surface area contributed by atoms with Crippen molar-refractivity contribution in [3.63, 3.8) is 0 Å². The zero-order valence-corrected chi connectivity index (χ0v) is 11.5. The molecule has 44 valence electrons. The summed E-state index contributed by atoms with van der Waals surface area (Å²) in [6.07, 6.45) is 0.833. The van der Waals surface area contributed by atoms with Crippen LogP contribution in [0.25, 0.3) is 0 Å². The van der Waals surface area contributed by atoms with Crippen LogP contribution in [-0.2, 0) is 0 Å². The minimum Gasteiger partial charge on any atom is -1.00 e. The molecular formula is C7H8KNaO. The molecule has 0 atom stereocenters. The minimum absolute atomic E-state index is 0. The van der Waals surface area contributed by atoms with Crippen LogP contribution in [0.5, 0.6) is 0 Å². The average Bonchev–Trinajstić information content (AvgIpc) is 1.90. The Morgan fingerprint density at radius 1 is 1.20 bits per heavy atom. The quantitative estimate of drug-likeness (QED) is 0.308. The van der Waals surface area contributed by atoms with Crippen LogP contribution in [-0.4, -0.2) is 6.29 Å². The molecule has 1 aromatic rings. The zero-order valence-electron chi connectivity index (χ0n) is 8.37. The van der Waals surface area contributed by atoms with Crippen molar-refractivity contribution in [1.29, 1.82) is 0 Å². The number of hydrogen-bond acceptors (Lipinski definition) is 1. The van der Waals surface area contributed by atoms with Crippen molar-refractivity contribution in [2.75, 3.05) is 0 Å². The predicted octanol–water partition coefficient (Wildman–Crippen LogP) is -4.27. The van der Waals surface area contributed by atoms with Gasteiger partial charge in [-0.05, 0) is 0 Å². The van der Waals surface area contributed by atoms with E-state index in [9.17, 15) is 4.79 Å². The van der Waals surface area contributed by atoms with Crippen LogP contribution in [0.3, 0.4) is 0 Å². The summed E-state index contributed by atoms with van der Waals surface area (Å²) < 4.78 is 0. The van der Waals surface area contributed by atoms with Gasteiger partial charge in [0.25, 0.3) is 0 Å². The van der Waals surface area contributed by atoms with Gasteiger partial charge in [-0.1, -0.05) is 30.3 Å². The van der Waals surface area contributed by atoms with E-state index in [1.165, 1.54) is 0 Å². The molecule has 0 saturated heterocycles. The van der Waals surface area contributed by atoms with E-state index in [-0.39, 0.29) is 83.8 Å². The van der Waals surface area contributed by atoms with Crippen LogP contribution in [0, 0.1) is 0 Å². The molecule has 0 N–H and O–H groups in total. The van der Waals surface area contributed by atoms with E-state index in [4.69, 9.17) is 0 Å². The summed E-state index contributed by atoms with van der Waals surface area (Å²) in [5, 5.41) is 0. The SMILES string of the molecule is O=Cc1ccccc1.[H-].[H-].[K+].[Na+]. The van der Waals surface area contributed by atoms with Gasteiger partial charge in [-0.15, -0.1) is 0 Å². The molecule has 0 amide bonds. The topological polar surface area (TPSA) is 17.1 Å². The van der Waals surface area contributed by atoms with Gasteiger partial charge in [0.2, 0.25) is 0 Å². The minimum atomic E-state index is 0. The third-order valence-electron chi connectivity index (χ3n) is 0.936. The maximum absolute atomic E-state index is 10.0. The Morgan fingerprint density at radius 2 is 1.70 bits per heavy atom. The molecule has 0 saturated carbocycles. The second-order valence-electron chi connectivity index (χ2n) is 1.53. The van der Waals surface area contributed by atoms with Crippen LogP contribution in [0.15, 0.2) is 30.3 Å². The first-order valence-corrected chi connectivity index (χ1v) is 2.44. The molecule has 0 heterocycles. The fourth-order valence-corrected chi connectivity index (χ4v) is 0.532. The molecule has 0 aliphatic heterocycles. The smallest absolute Gasteiger partial charge is 1.00 e. The number of hydrogen-bond donors (Lipinski definition) is 0. The van der Waals surface area contributed by atoms with Gasteiger partial charge in [-0.3, -0.25) is 4.79 Å². The summed E-state index contributed by atoms with van der Waals surface area (Å²) in [6, 6.07) is 9.10. The number of carbonyl (C=O) groups excluding carboxylic acids is 1. The number of carbonyl (C=O) groups is 1. The molecule has 0 unspecified atom stereocenters. The van der Waals surface area contributed by atoms with E-state index in [0.717, 1.165) is 11.8 Å². The first kappa shape index (κ1) is 14.1. The van der Waals surface area contributed by atoms with Gasteiger partial charge in [0.15, 0.2) is 0 Å². The fourth-order valence-electron chi connectivity index (χ4n) is 0.532. The molecule has 1 nitrogen and oxygen atoms in total. The summed E-state index contributed by atoms with van der Waals surface area (Å²) in [5.74, 6) is 0. The molecule has 0 bridgehead atoms. The number of aldehydes is 1. The Labute approximate surface area is 128 Å². The Morgan fingerprint density at radius 3 is 2.00 bits per heavy atom. The van der Waals surface area contributed by atoms with Gasteiger partial charge in [-0.25, -0.2) is 0 Å². The Bertz CT molecular complexity index is 184. The summed E-state index contributed by atoms with van der Waals surface area (Å²) in [5.41, 5.74) is 0.729. The van der Waals surface area contributed by atoms with Gasteiger partial charge in [-0.2, -0.15) is 0 Å². The van der Waals surface area contributed by atoms with Crippen LogP contribution in [0.4, 0.5) is 0 Å². The van der Waals surface area contributed by atoms with Gasteiger partial charge in [0.1, 0.15) is 6.29 Å². The third kappa shape index (κ3) is 5.21. The molecule has 0 aliphatic rings. The fraction of sp³-hybridized carbons (Fsp3) is 0. The van der Waals surface area contributed by atoms with Gasteiger partial charge >= 0.3 is 80.9 Å². The van der Waals surface area contributed by atoms with Crippen molar-refractivity contribution < 1.29 is 88.6 Å². The maximum Gasteiger partial charge on any atom is 1.00 e. The van der Waals surface area contributed by atoms with Gasteiger partial charge in [0, 0.05) is 5.56 Å². The summed E-state index contributed by atoms with van der Waals surface area (Å²) >= 11 is 0. The second-order valence-corrected chi connectivity index (χ2v) is 1.53. The molecule has 0 spiro atoms. The predicted molar refractivity (Wildman–Crippen MR) is 34.1 cm³/mol. The summed E-state index contributed by atoms with van der Waals surface area (Å²) in [7, 11) is 0. The van der Waals surface area contributed by atoms with Crippen molar-refractivity contribution in [2.45, 2.75) is 0 Å². The Hall–Kier alpha value is 1.53. The summed E-state index contributed by atoms with van der Waals surface area (Å²) in [4.78, 5) is 10.0. The normalized spacial score (nSPS) is 6.80. The van der Waals surface area contributed by atoms with E-state index in [1.807, 2.05) is 18.2 Å². The Balaban J connectivity index is -0.0000000800. The first-order chi connectivity index (χ1) is 3.93. The van der Waals surface area contributed by atoms with Crippen LogP contribution < -0.4 is 80.9 Å². The second kappa shape index (κ2) is 8.62. The summed E-state index contributed by atoms with van der Waals surface area (Å²) in [6.45, 7) is 0. The van der Waals surface area contributed by atoms with E-state index in [0.29, 0.717) is 0 Å². The maximum atomic E-state index is 10.0. The molecule has 0 aromatic heterocycles. The van der Waals surface area contributed by atoms with E-state index < -0.39 is 0 Å².